The Kier molecular flexibility index (Phi) is 6.97. The maximum absolute atomic E-state index is 15.8. The van der Waals surface area contributed by atoms with Gasteiger partial charge in [0.05, 0.1) is 11.1 Å². The highest BCUT2D eigenvalue weighted by molar-refractivity contribution is 6.31. The average molecular weight is 575 g/mol. The summed E-state index contributed by atoms with van der Waals surface area (Å²) >= 11 is 18.5. The number of amides is 2. The van der Waals surface area contributed by atoms with Crippen LogP contribution >= 0.6 is 34.8 Å². The summed E-state index contributed by atoms with van der Waals surface area (Å²) in [5, 5.41) is 10.2. The first-order chi connectivity index (χ1) is 17.9. The normalized spacial score (nSPS) is 24.4. The summed E-state index contributed by atoms with van der Waals surface area (Å²) in [7, 11) is 0. The van der Waals surface area contributed by atoms with E-state index < -0.39 is 35.1 Å². The van der Waals surface area contributed by atoms with Gasteiger partial charge in [-0.15, -0.1) is 0 Å². The first-order valence-electron chi connectivity index (χ1n) is 12.3. The first kappa shape index (κ1) is 26.9. The molecule has 5 nitrogen and oxygen atoms in total. The van der Waals surface area contributed by atoms with Gasteiger partial charge >= 0.3 is 0 Å². The van der Waals surface area contributed by atoms with Crippen molar-refractivity contribution in [3.8, 4) is 0 Å². The van der Waals surface area contributed by atoms with Crippen LogP contribution in [0.3, 0.4) is 0 Å². The molecule has 0 aromatic heterocycles. The van der Waals surface area contributed by atoms with Crippen molar-refractivity contribution in [1.82, 2.24) is 5.32 Å². The zero-order valence-corrected chi connectivity index (χ0v) is 23.3. The predicted octanol–water partition coefficient (Wildman–Crippen LogP) is 7.17. The topological polar surface area (TPSA) is 70.2 Å². The molecule has 0 saturated carbocycles. The van der Waals surface area contributed by atoms with E-state index in [1.165, 1.54) is 6.07 Å². The number of rotatable bonds is 4. The van der Waals surface area contributed by atoms with Crippen molar-refractivity contribution in [2.75, 3.05) is 10.6 Å². The van der Waals surface area contributed by atoms with Gasteiger partial charge in [0.25, 0.3) is 0 Å². The van der Waals surface area contributed by atoms with E-state index in [1.54, 1.807) is 54.6 Å². The summed E-state index contributed by atoms with van der Waals surface area (Å²) in [5.74, 6) is -2.29. The van der Waals surface area contributed by atoms with Gasteiger partial charge in [0, 0.05) is 33.4 Å². The minimum absolute atomic E-state index is 0.0801. The molecule has 0 radical (unpaired) electrons. The predicted molar refractivity (Wildman–Crippen MR) is 151 cm³/mol. The minimum Gasteiger partial charge on any atom is -0.325 e. The summed E-state index contributed by atoms with van der Waals surface area (Å²) in [6.45, 7) is 6.19. The number of hydrogen-bond donors (Lipinski definition) is 3. The molecule has 5 rings (SSSR count). The van der Waals surface area contributed by atoms with Gasteiger partial charge in [-0.2, -0.15) is 0 Å². The van der Waals surface area contributed by atoms with E-state index in [4.69, 9.17) is 34.8 Å². The lowest BCUT2D eigenvalue weighted by atomic mass is 9.62. The van der Waals surface area contributed by atoms with Crippen molar-refractivity contribution < 1.29 is 14.0 Å². The van der Waals surface area contributed by atoms with Crippen molar-refractivity contribution in [1.29, 1.82) is 0 Å². The number of carbonyl (C=O) groups is 2. The third-order valence-corrected chi connectivity index (χ3v) is 8.11. The molecule has 2 amide bonds. The Bertz CT molecular complexity index is 1420. The van der Waals surface area contributed by atoms with Gasteiger partial charge < -0.3 is 16.0 Å². The number of carbonyl (C=O) groups excluding carboxylic acids is 2. The van der Waals surface area contributed by atoms with E-state index in [-0.39, 0.29) is 21.9 Å². The Hall–Kier alpha value is -2.64. The third kappa shape index (κ3) is 4.58. The van der Waals surface area contributed by atoms with E-state index >= 15 is 4.39 Å². The van der Waals surface area contributed by atoms with E-state index in [0.29, 0.717) is 33.4 Å². The van der Waals surface area contributed by atoms with Gasteiger partial charge in [0.2, 0.25) is 11.8 Å². The second kappa shape index (κ2) is 9.83. The molecule has 4 unspecified atom stereocenters. The van der Waals surface area contributed by atoms with Crippen LogP contribution in [0.1, 0.15) is 44.2 Å². The molecule has 1 fully saturated rings. The average Bonchev–Trinajstić information content (AvgIpc) is 3.31. The highest BCUT2D eigenvalue weighted by atomic mass is 35.5. The molecule has 2 heterocycles. The number of anilines is 2. The summed E-state index contributed by atoms with van der Waals surface area (Å²) in [6.07, 6.45) is 0.534. The second-order valence-electron chi connectivity index (χ2n) is 11.1. The molecular formula is C29H27Cl3FN3O2. The van der Waals surface area contributed by atoms with Crippen LogP contribution in [-0.4, -0.2) is 23.9 Å². The van der Waals surface area contributed by atoms with Crippen molar-refractivity contribution in [2.24, 2.45) is 5.41 Å². The number of nitrogens with one attached hydrogen (secondary N) is 3. The number of halogens is 4. The third-order valence-electron chi connectivity index (χ3n) is 7.33. The molecule has 4 atom stereocenters. The van der Waals surface area contributed by atoms with Gasteiger partial charge in [-0.05, 0) is 65.4 Å². The summed E-state index contributed by atoms with van der Waals surface area (Å²) in [6, 6.07) is 15.1. The molecule has 3 N–H and O–H groups in total. The molecule has 0 bridgehead atoms. The lowest BCUT2D eigenvalue weighted by Gasteiger charge is -2.37. The second-order valence-corrected chi connectivity index (χ2v) is 12.4. The van der Waals surface area contributed by atoms with Crippen LogP contribution in [0, 0.1) is 11.2 Å². The molecule has 198 valence electrons. The number of hydrogen-bond acceptors (Lipinski definition) is 3. The van der Waals surface area contributed by atoms with Crippen LogP contribution < -0.4 is 16.0 Å². The summed E-state index contributed by atoms with van der Waals surface area (Å²) in [4.78, 5) is 28.0. The summed E-state index contributed by atoms with van der Waals surface area (Å²) < 4.78 is 15.8. The Morgan fingerprint density at radius 1 is 1.03 bits per heavy atom. The van der Waals surface area contributed by atoms with E-state index in [0.717, 1.165) is 0 Å². The Morgan fingerprint density at radius 3 is 2.39 bits per heavy atom. The molecule has 3 aromatic rings. The molecule has 9 heteroatoms. The molecule has 3 aromatic carbocycles. The number of fused-ring (bicyclic) bond motifs is 2. The monoisotopic (exact) mass is 573 g/mol. The maximum atomic E-state index is 15.8. The molecule has 2 aliphatic heterocycles. The highest BCUT2D eigenvalue weighted by Gasteiger charge is 2.66. The fourth-order valence-corrected chi connectivity index (χ4v) is 6.39. The summed E-state index contributed by atoms with van der Waals surface area (Å²) in [5.41, 5.74) is 0.410. The van der Waals surface area contributed by atoms with Crippen LogP contribution in [0.5, 0.6) is 0 Å². The van der Waals surface area contributed by atoms with Crippen molar-refractivity contribution in [3.63, 3.8) is 0 Å². The lowest BCUT2D eigenvalue weighted by Crippen LogP contribution is -2.49. The largest absolute Gasteiger partial charge is 0.325 e. The minimum atomic E-state index is -1.30. The highest BCUT2D eigenvalue weighted by Crippen LogP contribution is 2.57. The lowest BCUT2D eigenvalue weighted by molar-refractivity contribution is -0.122. The number of benzene rings is 3. The Balaban J connectivity index is 1.72. The van der Waals surface area contributed by atoms with Gasteiger partial charge in [0.15, 0.2) is 0 Å². The molecule has 2 aliphatic rings. The van der Waals surface area contributed by atoms with Crippen LogP contribution in [0.2, 0.25) is 15.1 Å². The SMILES string of the molecule is CC(C)(C)CC1NC(C(=O)Nc2ccc(Cl)cc2)C(c2cccc(Cl)c2F)C12C(=O)Nc1cc(Cl)ccc12. The quantitative estimate of drug-likeness (QED) is 0.309. The van der Waals surface area contributed by atoms with Gasteiger partial charge in [-0.1, -0.05) is 73.8 Å². The first-order valence-corrected chi connectivity index (χ1v) is 13.4. The molecule has 38 heavy (non-hydrogen) atoms. The molecule has 0 aliphatic carbocycles. The molecule has 1 spiro atoms. The van der Waals surface area contributed by atoms with Gasteiger partial charge in [-0.25, -0.2) is 4.39 Å². The van der Waals surface area contributed by atoms with Crippen LogP contribution in [0.25, 0.3) is 0 Å². The van der Waals surface area contributed by atoms with E-state index in [1.807, 2.05) is 0 Å². The molecule has 1 saturated heterocycles. The fraction of sp³-hybridized carbons (Fsp3) is 0.310. The van der Waals surface area contributed by atoms with Crippen molar-refractivity contribution in [3.05, 3.63) is 92.7 Å². The van der Waals surface area contributed by atoms with Gasteiger partial charge in [-0.3, -0.25) is 9.59 Å². The fourth-order valence-electron chi connectivity index (χ4n) is 5.91. The van der Waals surface area contributed by atoms with Crippen molar-refractivity contribution >= 4 is 58.0 Å². The molecular weight excluding hydrogens is 548 g/mol. The smallest absolute Gasteiger partial charge is 0.242 e. The van der Waals surface area contributed by atoms with Gasteiger partial charge in [0.1, 0.15) is 11.2 Å². The maximum Gasteiger partial charge on any atom is 0.242 e. The van der Waals surface area contributed by atoms with Crippen molar-refractivity contribution in [2.45, 2.75) is 50.6 Å². The Labute approximate surface area is 236 Å². The zero-order chi connectivity index (χ0) is 27.4. The van der Waals surface area contributed by atoms with Crippen LogP contribution in [0.15, 0.2) is 60.7 Å². The van der Waals surface area contributed by atoms with E-state index in [9.17, 15) is 9.59 Å². The zero-order valence-electron chi connectivity index (χ0n) is 21.0. The van der Waals surface area contributed by atoms with E-state index in [2.05, 4.69) is 36.7 Å². The Morgan fingerprint density at radius 2 is 1.71 bits per heavy atom. The van der Waals surface area contributed by atoms with Crippen LogP contribution in [-0.2, 0) is 15.0 Å². The standard InChI is InChI=1S/C29H27Cl3FN3O2/c1-28(2,3)14-22-29(19-12-9-16(31)13-21(19)35-27(29)38)23(18-5-4-6-20(32)24(18)33)25(36-22)26(37)34-17-10-7-15(30)8-11-17/h4-13,22-23,25,36H,14H2,1-3H3,(H,34,37)(H,35,38). The van der Waals surface area contributed by atoms with Crippen LogP contribution in [0.4, 0.5) is 15.8 Å².